The third-order valence-electron chi connectivity index (χ3n) is 1.65. The Morgan fingerprint density at radius 2 is 1.43 bits per heavy atom. The average Bonchev–Trinajstić information content (AvgIpc) is 2.06. The van der Waals surface area contributed by atoms with E-state index in [0.717, 1.165) is 7.11 Å². The lowest BCUT2D eigenvalue weighted by molar-refractivity contribution is 0.399. The molecular weight excluding hydrogens is 206 g/mol. The van der Waals surface area contributed by atoms with Crippen molar-refractivity contribution in [3.05, 3.63) is 0 Å². The second-order valence-electron chi connectivity index (χ2n) is 3.13. The predicted molar refractivity (Wildman–Crippen MR) is 56.7 cm³/mol. The SMILES string of the molecule is CO.CS(=O)(=O)O.NC1CCCCC1. The molecule has 1 saturated carbocycles. The van der Waals surface area contributed by atoms with Gasteiger partial charge in [0, 0.05) is 13.2 Å². The molecule has 1 aliphatic carbocycles. The second-order valence-corrected chi connectivity index (χ2v) is 4.60. The third-order valence-corrected chi connectivity index (χ3v) is 1.65. The quantitative estimate of drug-likeness (QED) is 0.520. The molecule has 14 heavy (non-hydrogen) atoms. The smallest absolute Gasteiger partial charge is 0.261 e. The van der Waals surface area contributed by atoms with Gasteiger partial charge in [-0.05, 0) is 12.8 Å². The average molecular weight is 227 g/mol. The van der Waals surface area contributed by atoms with Gasteiger partial charge in [0.2, 0.25) is 0 Å². The number of nitrogens with two attached hydrogens (primary N) is 1. The van der Waals surface area contributed by atoms with Crippen molar-refractivity contribution in [2.24, 2.45) is 5.73 Å². The highest BCUT2D eigenvalue weighted by Gasteiger charge is 2.06. The predicted octanol–water partition coefficient (Wildman–Crippen LogP) is 0.390. The second kappa shape index (κ2) is 9.39. The summed E-state index contributed by atoms with van der Waals surface area (Å²) in [4.78, 5) is 0. The molecule has 0 atom stereocenters. The summed E-state index contributed by atoms with van der Waals surface area (Å²) >= 11 is 0. The van der Waals surface area contributed by atoms with Crippen molar-refractivity contribution >= 4 is 10.1 Å². The molecule has 4 N–H and O–H groups in total. The first-order valence-corrected chi connectivity index (χ1v) is 6.37. The van der Waals surface area contributed by atoms with Crippen LogP contribution in [0.15, 0.2) is 0 Å². The Labute approximate surface area is 86.1 Å². The maximum absolute atomic E-state index is 9.19. The van der Waals surface area contributed by atoms with Crippen molar-refractivity contribution < 1.29 is 18.1 Å². The zero-order valence-electron chi connectivity index (χ0n) is 8.81. The van der Waals surface area contributed by atoms with Crippen LogP contribution in [-0.2, 0) is 10.1 Å². The minimum atomic E-state index is -3.67. The van der Waals surface area contributed by atoms with Crippen LogP contribution in [0.25, 0.3) is 0 Å². The molecule has 1 fully saturated rings. The van der Waals surface area contributed by atoms with Gasteiger partial charge in [0.1, 0.15) is 0 Å². The van der Waals surface area contributed by atoms with Gasteiger partial charge in [-0.25, -0.2) is 0 Å². The van der Waals surface area contributed by atoms with Gasteiger partial charge in [-0.3, -0.25) is 4.55 Å². The summed E-state index contributed by atoms with van der Waals surface area (Å²) < 4.78 is 25.9. The van der Waals surface area contributed by atoms with E-state index in [0.29, 0.717) is 12.3 Å². The number of hydrogen-bond acceptors (Lipinski definition) is 4. The summed E-state index contributed by atoms with van der Waals surface area (Å²) in [5.41, 5.74) is 5.63. The number of aliphatic hydroxyl groups is 1. The Balaban J connectivity index is 0. The molecule has 0 radical (unpaired) electrons. The van der Waals surface area contributed by atoms with Gasteiger partial charge in [0.15, 0.2) is 0 Å². The van der Waals surface area contributed by atoms with Crippen LogP contribution in [0, 0.1) is 0 Å². The highest BCUT2D eigenvalue weighted by atomic mass is 32.2. The van der Waals surface area contributed by atoms with Crippen LogP contribution in [-0.4, -0.2) is 37.5 Å². The maximum Gasteiger partial charge on any atom is 0.261 e. The number of rotatable bonds is 0. The van der Waals surface area contributed by atoms with Crippen LogP contribution < -0.4 is 5.73 Å². The van der Waals surface area contributed by atoms with Gasteiger partial charge in [-0.15, -0.1) is 0 Å². The standard InChI is InChI=1S/C6H13N.CH4O3S.CH4O/c7-6-4-2-1-3-5-6;1-5(2,3)4;1-2/h6H,1-5,7H2;1H3,(H,2,3,4);2H,1H3. The fourth-order valence-corrected chi connectivity index (χ4v) is 1.13. The zero-order chi connectivity index (χ0) is 11.6. The molecule has 0 aliphatic heterocycles. The van der Waals surface area contributed by atoms with Crippen LogP contribution in [0.3, 0.4) is 0 Å². The first-order chi connectivity index (χ1) is 6.39. The lowest BCUT2D eigenvalue weighted by atomic mass is 9.97. The first-order valence-electron chi connectivity index (χ1n) is 4.52. The van der Waals surface area contributed by atoms with Crippen molar-refractivity contribution in [2.75, 3.05) is 13.4 Å². The Morgan fingerprint density at radius 1 is 1.14 bits per heavy atom. The van der Waals surface area contributed by atoms with Crippen molar-refractivity contribution in [3.8, 4) is 0 Å². The Hall–Kier alpha value is -0.170. The van der Waals surface area contributed by atoms with E-state index >= 15 is 0 Å². The molecule has 1 aliphatic rings. The molecule has 0 amide bonds. The number of hydrogen-bond donors (Lipinski definition) is 3. The van der Waals surface area contributed by atoms with Gasteiger partial charge in [-0.2, -0.15) is 8.42 Å². The minimum absolute atomic E-state index is 0.536. The van der Waals surface area contributed by atoms with Crippen molar-refractivity contribution in [2.45, 2.75) is 38.1 Å². The molecule has 5 nitrogen and oxygen atoms in total. The van der Waals surface area contributed by atoms with Crippen LogP contribution in [0.1, 0.15) is 32.1 Å². The first kappa shape index (κ1) is 16.3. The van der Waals surface area contributed by atoms with Crippen molar-refractivity contribution in [3.63, 3.8) is 0 Å². The third kappa shape index (κ3) is 22.6. The summed E-state index contributed by atoms with van der Waals surface area (Å²) in [6, 6.07) is 0.536. The van der Waals surface area contributed by atoms with E-state index < -0.39 is 10.1 Å². The Bertz CT molecular complexity index is 189. The van der Waals surface area contributed by atoms with E-state index in [4.69, 9.17) is 15.4 Å². The Morgan fingerprint density at radius 3 is 1.57 bits per heavy atom. The summed E-state index contributed by atoms with van der Waals surface area (Å²) in [7, 11) is -2.67. The van der Waals surface area contributed by atoms with Crippen LogP contribution in [0.5, 0.6) is 0 Å². The molecule has 0 bridgehead atoms. The van der Waals surface area contributed by atoms with Crippen molar-refractivity contribution in [1.29, 1.82) is 0 Å². The molecule has 1 rings (SSSR count). The summed E-state index contributed by atoms with van der Waals surface area (Å²) in [5.74, 6) is 0. The lowest BCUT2D eigenvalue weighted by Gasteiger charge is -2.15. The molecule has 88 valence electrons. The van der Waals surface area contributed by atoms with Gasteiger partial charge in [0.25, 0.3) is 10.1 Å². The largest absolute Gasteiger partial charge is 0.400 e. The minimum Gasteiger partial charge on any atom is -0.400 e. The van der Waals surface area contributed by atoms with Crippen LogP contribution in [0.2, 0.25) is 0 Å². The molecule has 0 heterocycles. The molecule has 6 heteroatoms. The van der Waals surface area contributed by atoms with E-state index in [1.165, 1.54) is 32.1 Å². The summed E-state index contributed by atoms with van der Waals surface area (Å²) in [6.07, 6.45) is 7.38. The monoisotopic (exact) mass is 227 g/mol. The van der Waals surface area contributed by atoms with E-state index in [1.807, 2.05) is 0 Å². The fourth-order valence-electron chi connectivity index (χ4n) is 1.13. The zero-order valence-corrected chi connectivity index (χ0v) is 9.63. The normalized spacial score (nSPS) is 17.2. The summed E-state index contributed by atoms with van der Waals surface area (Å²) in [5, 5.41) is 7.00. The molecule has 0 aromatic rings. The van der Waals surface area contributed by atoms with E-state index in [2.05, 4.69) is 0 Å². The number of aliphatic hydroxyl groups excluding tert-OH is 1. The maximum atomic E-state index is 9.19. The highest BCUT2D eigenvalue weighted by Crippen LogP contribution is 2.14. The van der Waals surface area contributed by atoms with Gasteiger partial charge >= 0.3 is 0 Å². The molecule has 0 aromatic carbocycles. The van der Waals surface area contributed by atoms with E-state index in [1.54, 1.807) is 0 Å². The van der Waals surface area contributed by atoms with Crippen LogP contribution in [0.4, 0.5) is 0 Å². The molecule has 0 spiro atoms. The van der Waals surface area contributed by atoms with Gasteiger partial charge in [-0.1, -0.05) is 19.3 Å². The van der Waals surface area contributed by atoms with Gasteiger partial charge in [0.05, 0.1) is 6.26 Å². The summed E-state index contributed by atoms with van der Waals surface area (Å²) in [6.45, 7) is 0. The molecular formula is C8H21NO4S. The highest BCUT2D eigenvalue weighted by molar-refractivity contribution is 7.85. The van der Waals surface area contributed by atoms with Crippen LogP contribution >= 0.6 is 0 Å². The topological polar surface area (TPSA) is 101 Å². The Kier molecular flexibility index (Phi) is 10.9. The van der Waals surface area contributed by atoms with E-state index in [9.17, 15) is 8.42 Å². The van der Waals surface area contributed by atoms with E-state index in [-0.39, 0.29) is 0 Å². The van der Waals surface area contributed by atoms with Gasteiger partial charge < -0.3 is 10.8 Å². The lowest BCUT2D eigenvalue weighted by Crippen LogP contribution is -2.22. The fraction of sp³-hybridized carbons (Fsp3) is 1.00. The molecule has 0 aromatic heterocycles. The van der Waals surface area contributed by atoms with Crippen molar-refractivity contribution in [1.82, 2.24) is 0 Å². The molecule has 0 unspecified atom stereocenters. The molecule has 0 saturated heterocycles.